The fourth-order valence-electron chi connectivity index (χ4n) is 3.09. The van der Waals surface area contributed by atoms with E-state index in [-0.39, 0.29) is 34.7 Å². The molecule has 0 unspecified atom stereocenters. The fraction of sp³-hybridized carbons (Fsp3) is 0.353. The number of hydrogen-bond acceptors (Lipinski definition) is 8. The van der Waals surface area contributed by atoms with Crippen LogP contribution in [0.5, 0.6) is 5.75 Å². The maximum absolute atomic E-state index is 13.6. The van der Waals surface area contributed by atoms with Crippen molar-refractivity contribution < 1.29 is 22.3 Å². The average Bonchev–Trinajstić information content (AvgIpc) is 3.14. The number of ether oxygens (including phenoxy) is 1. The summed E-state index contributed by atoms with van der Waals surface area (Å²) in [6, 6.07) is 3.17. The number of methoxy groups -OCH3 is 1. The number of anilines is 2. The van der Waals surface area contributed by atoms with Crippen molar-refractivity contribution in [1.82, 2.24) is 15.3 Å². The number of ketones is 1. The molecule has 0 amide bonds. The topological polar surface area (TPSA) is 128 Å². The molecule has 0 spiro atoms. The molecular weight excluding hydrogens is 389 g/mol. The van der Waals surface area contributed by atoms with Crippen LogP contribution in [0.15, 0.2) is 24.4 Å². The van der Waals surface area contributed by atoms with Gasteiger partial charge < -0.3 is 15.8 Å². The molecule has 1 aliphatic heterocycles. The van der Waals surface area contributed by atoms with Crippen molar-refractivity contribution in [3.05, 3.63) is 41.3 Å². The molecule has 1 saturated heterocycles. The Morgan fingerprint density at radius 3 is 2.71 bits per heavy atom. The standard InChI is InChI=1S/C17H20FN5O4S/c1-27-14-4-3-10(18)7-12(14)15(24)13-9-21-17(22-16(13)19)23(28(2,25)26)11-5-6-20-8-11/h3-4,7,9,11,20H,5-6,8H2,1-2H3,(H2,19,21,22)/t11-/m0/s1. The van der Waals surface area contributed by atoms with Gasteiger partial charge in [-0.2, -0.15) is 4.98 Å². The lowest BCUT2D eigenvalue weighted by Crippen LogP contribution is -2.42. The first kappa shape index (κ1) is 20.0. The minimum absolute atomic E-state index is 0.0366. The van der Waals surface area contributed by atoms with Crippen molar-refractivity contribution >= 4 is 27.6 Å². The second-order valence-electron chi connectivity index (χ2n) is 6.35. The Kier molecular flexibility index (Phi) is 5.47. The highest BCUT2D eigenvalue weighted by atomic mass is 32.2. The third-order valence-corrected chi connectivity index (χ3v) is 5.55. The van der Waals surface area contributed by atoms with Crippen LogP contribution in [0.3, 0.4) is 0 Å². The molecule has 0 saturated carbocycles. The first-order valence-corrected chi connectivity index (χ1v) is 10.3. The fourth-order valence-corrected chi connectivity index (χ4v) is 4.20. The van der Waals surface area contributed by atoms with Crippen molar-refractivity contribution in [2.75, 3.05) is 36.5 Å². The highest BCUT2D eigenvalue weighted by Gasteiger charge is 2.32. The molecule has 1 atom stereocenters. The summed E-state index contributed by atoms with van der Waals surface area (Å²) in [6.45, 7) is 1.12. The molecule has 11 heteroatoms. The first-order chi connectivity index (χ1) is 13.2. The molecule has 1 fully saturated rings. The summed E-state index contributed by atoms with van der Waals surface area (Å²) in [5.41, 5.74) is 5.81. The predicted molar refractivity (Wildman–Crippen MR) is 101 cm³/mol. The van der Waals surface area contributed by atoms with E-state index in [0.29, 0.717) is 19.5 Å². The number of aromatic nitrogens is 2. The van der Waals surface area contributed by atoms with Gasteiger partial charge in [0.1, 0.15) is 17.4 Å². The second kappa shape index (κ2) is 7.68. The van der Waals surface area contributed by atoms with Gasteiger partial charge in [0.05, 0.1) is 30.5 Å². The normalized spacial score (nSPS) is 16.8. The van der Waals surface area contributed by atoms with E-state index in [2.05, 4.69) is 15.3 Å². The molecule has 0 bridgehead atoms. The SMILES string of the molecule is COc1ccc(F)cc1C(=O)c1cnc(N([C@H]2CCNC2)S(C)(=O)=O)nc1N. The number of carbonyl (C=O) groups excluding carboxylic acids is 1. The number of nitrogens with two attached hydrogens (primary N) is 1. The van der Waals surface area contributed by atoms with E-state index in [1.807, 2.05) is 0 Å². The second-order valence-corrected chi connectivity index (χ2v) is 8.21. The average molecular weight is 409 g/mol. The lowest BCUT2D eigenvalue weighted by Gasteiger charge is -2.26. The highest BCUT2D eigenvalue weighted by Crippen LogP contribution is 2.26. The summed E-state index contributed by atoms with van der Waals surface area (Å²) in [5.74, 6) is -1.40. The Balaban J connectivity index is 2.00. The zero-order valence-corrected chi connectivity index (χ0v) is 16.2. The zero-order valence-electron chi connectivity index (χ0n) is 15.3. The summed E-state index contributed by atoms with van der Waals surface area (Å²) in [7, 11) is -2.31. The van der Waals surface area contributed by atoms with Crippen molar-refractivity contribution in [2.45, 2.75) is 12.5 Å². The van der Waals surface area contributed by atoms with E-state index in [0.717, 1.165) is 28.9 Å². The quantitative estimate of drug-likeness (QED) is 0.663. The van der Waals surface area contributed by atoms with Crippen LogP contribution in [0.25, 0.3) is 0 Å². The van der Waals surface area contributed by atoms with E-state index in [9.17, 15) is 17.6 Å². The number of rotatable bonds is 6. The number of carbonyl (C=O) groups is 1. The lowest BCUT2D eigenvalue weighted by atomic mass is 10.0. The zero-order chi connectivity index (χ0) is 20.5. The number of nitrogens with one attached hydrogen (secondary N) is 1. The van der Waals surface area contributed by atoms with Crippen LogP contribution in [-0.4, -0.2) is 56.7 Å². The van der Waals surface area contributed by atoms with E-state index >= 15 is 0 Å². The molecular formula is C17H20FN5O4S. The monoisotopic (exact) mass is 409 g/mol. The van der Waals surface area contributed by atoms with E-state index in [1.165, 1.54) is 13.2 Å². The van der Waals surface area contributed by atoms with Gasteiger partial charge in [0.15, 0.2) is 0 Å². The molecule has 1 aromatic carbocycles. The molecule has 2 heterocycles. The summed E-state index contributed by atoms with van der Waals surface area (Å²) in [5, 5.41) is 3.08. The third-order valence-electron chi connectivity index (χ3n) is 4.38. The number of benzene rings is 1. The van der Waals surface area contributed by atoms with Crippen LogP contribution in [-0.2, 0) is 10.0 Å². The van der Waals surface area contributed by atoms with Gasteiger partial charge in [-0.1, -0.05) is 0 Å². The van der Waals surface area contributed by atoms with Crippen LogP contribution >= 0.6 is 0 Å². The van der Waals surface area contributed by atoms with Gasteiger partial charge in [0.2, 0.25) is 21.8 Å². The summed E-state index contributed by atoms with van der Waals surface area (Å²) in [6.07, 6.45) is 2.80. The van der Waals surface area contributed by atoms with Crippen LogP contribution < -0.4 is 20.1 Å². The van der Waals surface area contributed by atoms with Crippen molar-refractivity contribution in [3.8, 4) is 5.75 Å². The smallest absolute Gasteiger partial charge is 0.241 e. The van der Waals surface area contributed by atoms with Crippen molar-refractivity contribution in [1.29, 1.82) is 0 Å². The van der Waals surface area contributed by atoms with Gasteiger partial charge in [-0.25, -0.2) is 22.1 Å². The Hall–Kier alpha value is -2.79. The minimum atomic E-state index is -3.66. The molecule has 3 rings (SSSR count). The van der Waals surface area contributed by atoms with Crippen LogP contribution in [0.2, 0.25) is 0 Å². The van der Waals surface area contributed by atoms with Gasteiger partial charge >= 0.3 is 0 Å². The summed E-state index contributed by atoms with van der Waals surface area (Å²) >= 11 is 0. The molecule has 0 aliphatic carbocycles. The molecule has 2 aromatic rings. The number of nitrogen functional groups attached to an aromatic ring is 1. The Morgan fingerprint density at radius 1 is 1.39 bits per heavy atom. The Bertz CT molecular complexity index is 1010. The summed E-state index contributed by atoms with van der Waals surface area (Å²) < 4.78 is 44.3. The molecule has 28 heavy (non-hydrogen) atoms. The van der Waals surface area contributed by atoms with Crippen LogP contribution in [0.1, 0.15) is 22.3 Å². The lowest BCUT2D eigenvalue weighted by molar-refractivity contribution is 0.103. The first-order valence-electron chi connectivity index (χ1n) is 8.43. The number of hydrogen-bond donors (Lipinski definition) is 2. The maximum atomic E-state index is 13.6. The van der Waals surface area contributed by atoms with Crippen LogP contribution in [0, 0.1) is 5.82 Å². The predicted octanol–water partition coefficient (Wildman–Crippen LogP) is 0.565. The maximum Gasteiger partial charge on any atom is 0.241 e. The summed E-state index contributed by atoms with van der Waals surface area (Å²) in [4.78, 5) is 20.9. The van der Waals surface area contributed by atoms with Crippen molar-refractivity contribution in [3.63, 3.8) is 0 Å². The Morgan fingerprint density at radius 2 is 2.14 bits per heavy atom. The van der Waals surface area contributed by atoms with Crippen molar-refractivity contribution in [2.24, 2.45) is 0 Å². The number of sulfonamides is 1. The van der Waals surface area contributed by atoms with Gasteiger partial charge in [0.25, 0.3) is 0 Å². The molecule has 9 nitrogen and oxygen atoms in total. The van der Waals surface area contributed by atoms with Gasteiger partial charge in [-0.05, 0) is 31.2 Å². The van der Waals surface area contributed by atoms with Gasteiger partial charge in [-0.15, -0.1) is 0 Å². The van der Waals surface area contributed by atoms with E-state index in [4.69, 9.17) is 10.5 Å². The minimum Gasteiger partial charge on any atom is -0.496 e. The third kappa shape index (κ3) is 3.90. The molecule has 1 aromatic heterocycles. The molecule has 3 N–H and O–H groups in total. The van der Waals surface area contributed by atoms with Gasteiger partial charge in [-0.3, -0.25) is 4.79 Å². The van der Waals surface area contributed by atoms with Crippen LogP contribution in [0.4, 0.5) is 16.2 Å². The molecule has 150 valence electrons. The molecule has 1 aliphatic rings. The highest BCUT2D eigenvalue weighted by molar-refractivity contribution is 7.92. The molecule has 0 radical (unpaired) electrons. The largest absolute Gasteiger partial charge is 0.496 e. The van der Waals surface area contributed by atoms with Gasteiger partial charge in [0, 0.05) is 12.7 Å². The van der Waals surface area contributed by atoms with E-state index in [1.54, 1.807) is 0 Å². The number of halogens is 1. The number of nitrogens with zero attached hydrogens (tertiary/aromatic N) is 3. The Labute approximate surface area is 161 Å². The van der Waals surface area contributed by atoms with E-state index < -0.39 is 21.6 Å².